The fourth-order valence-electron chi connectivity index (χ4n) is 4.16. The Bertz CT molecular complexity index is 1410. The molecule has 0 radical (unpaired) electrons. The molecule has 0 spiro atoms. The van der Waals surface area contributed by atoms with Crippen molar-refractivity contribution >= 4 is 39.9 Å². The van der Waals surface area contributed by atoms with E-state index in [-0.39, 0.29) is 21.3 Å². The van der Waals surface area contributed by atoms with Crippen molar-refractivity contribution in [3.63, 3.8) is 0 Å². The number of anilines is 1. The molecule has 0 bridgehead atoms. The van der Waals surface area contributed by atoms with E-state index in [9.17, 15) is 19.5 Å². The molecule has 0 aliphatic carbocycles. The number of aryl methyl sites for hydroxylation is 2. The third-order valence-electron chi connectivity index (χ3n) is 5.91. The molecule has 2 aromatic carbocycles. The number of rotatable bonds is 6. The van der Waals surface area contributed by atoms with Gasteiger partial charge in [-0.3, -0.25) is 14.5 Å². The van der Waals surface area contributed by atoms with Gasteiger partial charge in [-0.2, -0.15) is 0 Å². The highest BCUT2D eigenvalue weighted by Crippen LogP contribution is 2.46. The maximum atomic E-state index is 13.4. The molecule has 1 amide bonds. The van der Waals surface area contributed by atoms with Crippen LogP contribution in [0.15, 0.2) is 48.0 Å². The Morgan fingerprint density at radius 2 is 1.72 bits per heavy atom. The number of hydrogen-bond donors (Lipinski definition) is 1. The molecule has 0 unspecified atom stereocenters. The first kappa shape index (κ1) is 24.9. The summed E-state index contributed by atoms with van der Waals surface area (Å²) in [5.41, 5.74) is 1.79. The van der Waals surface area contributed by atoms with Crippen LogP contribution in [0, 0.1) is 13.8 Å². The van der Waals surface area contributed by atoms with Crippen LogP contribution in [-0.4, -0.2) is 49.1 Å². The van der Waals surface area contributed by atoms with Crippen molar-refractivity contribution in [3.8, 4) is 11.5 Å². The second kappa shape index (κ2) is 9.82. The number of aliphatic hydroxyl groups excluding tert-OH is 1. The summed E-state index contributed by atoms with van der Waals surface area (Å²) < 4.78 is 15.6. The summed E-state index contributed by atoms with van der Waals surface area (Å²) in [7, 11) is 4.26. The molecule has 10 heteroatoms. The summed E-state index contributed by atoms with van der Waals surface area (Å²) in [6, 6.07) is 10.8. The smallest absolute Gasteiger partial charge is 0.350 e. The third kappa shape index (κ3) is 4.09. The molecule has 0 saturated carbocycles. The number of thiazole rings is 1. The lowest BCUT2D eigenvalue weighted by Crippen LogP contribution is -2.29. The van der Waals surface area contributed by atoms with Crippen LogP contribution >= 0.6 is 11.3 Å². The van der Waals surface area contributed by atoms with Crippen LogP contribution in [-0.2, 0) is 14.3 Å². The lowest BCUT2D eigenvalue weighted by Gasteiger charge is -2.24. The van der Waals surface area contributed by atoms with Crippen molar-refractivity contribution < 1.29 is 33.7 Å². The van der Waals surface area contributed by atoms with Crippen LogP contribution in [0.5, 0.6) is 11.5 Å². The Balaban J connectivity index is 1.97. The SMILES string of the molecule is COC(=O)c1sc(N2C(=O)C(=O)/C(=C(/O)c3ccc(OC)c(C)c3)[C@H]2c2ccccc2OC)nc1C. The molecule has 1 fully saturated rings. The van der Waals surface area contributed by atoms with E-state index in [0.717, 1.165) is 16.9 Å². The van der Waals surface area contributed by atoms with Gasteiger partial charge in [0.2, 0.25) is 0 Å². The van der Waals surface area contributed by atoms with Gasteiger partial charge in [-0.25, -0.2) is 9.78 Å². The number of carbonyl (C=O) groups is 3. The fraction of sp³-hybridized carbons (Fsp3) is 0.231. The standard InChI is InChI=1S/C26H24N2O7S/c1-13-12-15(10-11-17(13)33-3)21(29)19-20(16-8-6-7-9-18(16)34-4)28(24(31)22(19)30)26-27-14(2)23(36-26)25(32)35-5/h6-12,20,29H,1-5H3/b21-19+/t20-/m1/s1. The maximum absolute atomic E-state index is 13.4. The van der Waals surface area contributed by atoms with Crippen molar-refractivity contribution in [2.45, 2.75) is 19.9 Å². The van der Waals surface area contributed by atoms with E-state index in [1.165, 1.54) is 26.2 Å². The van der Waals surface area contributed by atoms with Crippen molar-refractivity contribution in [2.24, 2.45) is 0 Å². The van der Waals surface area contributed by atoms with Crippen molar-refractivity contribution in [3.05, 3.63) is 75.3 Å². The number of aliphatic hydroxyl groups is 1. The summed E-state index contributed by atoms with van der Waals surface area (Å²) in [4.78, 5) is 44.8. The number of para-hydroxylation sites is 1. The average molecular weight is 509 g/mol. The molecular weight excluding hydrogens is 484 g/mol. The summed E-state index contributed by atoms with van der Waals surface area (Å²) >= 11 is 0.930. The van der Waals surface area contributed by atoms with E-state index in [1.54, 1.807) is 56.3 Å². The highest BCUT2D eigenvalue weighted by molar-refractivity contribution is 7.17. The average Bonchev–Trinajstić information content (AvgIpc) is 3.39. The van der Waals surface area contributed by atoms with Gasteiger partial charge in [-0.1, -0.05) is 29.5 Å². The number of aromatic nitrogens is 1. The zero-order valence-electron chi connectivity index (χ0n) is 20.3. The minimum atomic E-state index is -1.06. The van der Waals surface area contributed by atoms with E-state index in [1.807, 2.05) is 0 Å². The van der Waals surface area contributed by atoms with E-state index in [0.29, 0.717) is 28.3 Å². The monoisotopic (exact) mass is 508 g/mol. The third-order valence-corrected chi connectivity index (χ3v) is 7.05. The summed E-state index contributed by atoms with van der Waals surface area (Å²) in [5, 5.41) is 11.5. The first-order valence-corrected chi connectivity index (χ1v) is 11.7. The largest absolute Gasteiger partial charge is 0.507 e. The second-order valence-corrected chi connectivity index (χ2v) is 8.98. The normalized spacial score (nSPS) is 16.8. The van der Waals surface area contributed by atoms with Crippen LogP contribution in [0.3, 0.4) is 0 Å². The number of ketones is 1. The van der Waals surface area contributed by atoms with E-state index in [4.69, 9.17) is 14.2 Å². The number of benzene rings is 2. The Hall–Kier alpha value is -4.18. The molecule has 9 nitrogen and oxygen atoms in total. The van der Waals surface area contributed by atoms with Crippen LogP contribution in [0.1, 0.15) is 38.1 Å². The van der Waals surface area contributed by atoms with E-state index < -0.39 is 23.7 Å². The van der Waals surface area contributed by atoms with Crippen LogP contribution in [0.2, 0.25) is 0 Å². The van der Waals surface area contributed by atoms with Crippen LogP contribution in [0.25, 0.3) is 5.76 Å². The predicted molar refractivity (Wildman–Crippen MR) is 134 cm³/mol. The van der Waals surface area contributed by atoms with Gasteiger partial charge in [0.05, 0.1) is 32.6 Å². The number of carbonyl (C=O) groups excluding carboxylic acids is 3. The van der Waals surface area contributed by atoms with Gasteiger partial charge in [0.15, 0.2) is 5.13 Å². The molecule has 1 saturated heterocycles. The van der Waals surface area contributed by atoms with Crippen LogP contribution < -0.4 is 14.4 Å². The number of nitrogens with zero attached hydrogens (tertiary/aromatic N) is 2. The number of esters is 1. The first-order valence-electron chi connectivity index (χ1n) is 10.9. The highest BCUT2D eigenvalue weighted by Gasteiger charge is 2.49. The van der Waals surface area contributed by atoms with Gasteiger partial charge in [0, 0.05) is 11.1 Å². The maximum Gasteiger partial charge on any atom is 0.350 e. The van der Waals surface area contributed by atoms with Gasteiger partial charge < -0.3 is 19.3 Å². The number of ether oxygens (including phenoxy) is 3. The predicted octanol–water partition coefficient (Wildman–Crippen LogP) is 4.19. The molecule has 1 aliphatic heterocycles. The fourth-order valence-corrected chi connectivity index (χ4v) is 5.18. The van der Waals surface area contributed by atoms with Gasteiger partial charge >= 0.3 is 11.9 Å². The van der Waals surface area contributed by atoms with E-state index >= 15 is 0 Å². The zero-order valence-corrected chi connectivity index (χ0v) is 21.1. The molecular formula is C26H24N2O7S. The van der Waals surface area contributed by atoms with Gasteiger partial charge in [0.25, 0.3) is 5.78 Å². The van der Waals surface area contributed by atoms with Gasteiger partial charge in [-0.05, 0) is 43.7 Å². The molecule has 2 heterocycles. The Morgan fingerprint density at radius 3 is 2.36 bits per heavy atom. The lowest BCUT2D eigenvalue weighted by molar-refractivity contribution is -0.132. The van der Waals surface area contributed by atoms with Gasteiger partial charge in [-0.15, -0.1) is 0 Å². The molecule has 1 atom stereocenters. The topological polar surface area (TPSA) is 115 Å². The van der Waals surface area contributed by atoms with Crippen LogP contribution in [0.4, 0.5) is 5.13 Å². The molecule has 1 aliphatic rings. The summed E-state index contributed by atoms with van der Waals surface area (Å²) in [5.74, 6) is -1.70. The van der Waals surface area contributed by atoms with Gasteiger partial charge in [0.1, 0.15) is 28.2 Å². The minimum Gasteiger partial charge on any atom is -0.507 e. The molecule has 4 rings (SSSR count). The molecule has 1 aromatic heterocycles. The summed E-state index contributed by atoms with van der Waals surface area (Å²) in [6.45, 7) is 3.42. The second-order valence-electron chi connectivity index (χ2n) is 8.00. The molecule has 36 heavy (non-hydrogen) atoms. The Morgan fingerprint density at radius 1 is 1.03 bits per heavy atom. The summed E-state index contributed by atoms with van der Waals surface area (Å²) in [6.07, 6.45) is 0. The molecule has 3 aromatic rings. The molecule has 1 N–H and O–H groups in total. The van der Waals surface area contributed by atoms with Crippen molar-refractivity contribution in [1.82, 2.24) is 4.98 Å². The highest BCUT2D eigenvalue weighted by atomic mass is 32.1. The zero-order chi connectivity index (χ0) is 26.1. The Kier molecular flexibility index (Phi) is 6.80. The van der Waals surface area contributed by atoms with Crippen molar-refractivity contribution in [1.29, 1.82) is 0 Å². The Labute approximate surface area is 211 Å². The van der Waals surface area contributed by atoms with E-state index in [2.05, 4.69) is 4.98 Å². The van der Waals surface area contributed by atoms with Crippen molar-refractivity contribution in [2.75, 3.05) is 26.2 Å². The number of hydrogen-bond acceptors (Lipinski definition) is 9. The lowest BCUT2D eigenvalue weighted by atomic mass is 9.94. The number of methoxy groups -OCH3 is 3. The molecule has 186 valence electrons. The minimum absolute atomic E-state index is 0.121. The quantitative estimate of drug-likeness (QED) is 0.228. The first-order chi connectivity index (χ1) is 17.2. The number of Topliss-reactive ketones (excluding diaryl/α,β-unsaturated/α-hetero) is 1. The number of amides is 1.